The van der Waals surface area contributed by atoms with Crippen molar-refractivity contribution < 1.29 is 4.42 Å². The van der Waals surface area contributed by atoms with Crippen LogP contribution in [0, 0.1) is 0 Å². The van der Waals surface area contributed by atoms with Crippen LogP contribution in [0.2, 0.25) is 0 Å². The van der Waals surface area contributed by atoms with Crippen LogP contribution < -0.4 is 0 Å². The minimum atomic E-state index is 0.156. The Morgan fingerprint density at radius 1 is 1.11 bits per heavy atom. The molecule has 0 aromatic carbocycles. The predicted octanol–water partition coefficient (Wildman–Crippen LogP) is 5.86. The quantitative estimate of drug-likeness (QED) is 0.534. The van der Waals surface area contributed by atoms with Crippen LogP contribution in [-0.4, -0.2) is 4.98 Å². The van der Waals surface area contributed by atoms with Crippen LogP contribution in [0.1, 0.15) is 77.9 Å². The lowest BCUT2D eigenvalue weighted by atomic mass is 9.78. The van der Waals surface area contributed by atoms with E-state index in [4.69, 9.17) is 4.42 Å². The van der Waals surface area contributed by atoms with Crippen molar-refractivity contribution in [3.8, 4) is 0 Å². The molecule has 0 spiro atoms. The fraction of sp³-hybridized carbons (Fsp3) is 0.800. The third kappa shape index (κ3) is 4.75. The number of rotatable bonds is 9. The zero-order valence-electron chi connectivity index (χ0n) is 12.0. The Bertz CT molecular complexity index is 337. The van der Waals surface area contributed by atoms with E-state index in [0.717, 1.165) is 5.76 Å². The van der Waals surface area contributed by atoms with Crippen LogP contribution in [0.3, 0.4) is 0 Å². The van der Waals surface area contributed by atoms with E-state index in [1.165, 1.54) is 51.4 Å². The minimum Gasteiger partial charge on any atom is -0.436 e. The lowest BCUT2D eigenvalue weighted by molar-refractivity contribution is 0.296. The van der Waals surface area contributed by atoms with Crippen molar-refractivity contribution in [1.82, 2.24) is 4.98 Å². The normalized spacial score (nSPS) is 14.7. The maximum atomic E-state index is 5.71. The number of halogens is 1. The molecule has 0 aliphatic heterocycles. The molecule has 1 atom stereocenters. The van der Waals surface area contributed by atoms with Gasteiger partial charge in [-0.25, -0.2) is 4.98 Å². The van der Waals surface area contributed by atoms with E-state index in [1.807, 2.05) is 6.20 Å². The summed E-state index contributed by atoms with van der Waals surface area (Å²) in [6.45, 7) is 6.82. The summed E-state index contributed by atoms with van der Waals surface area (Å²) in [4.78, 5) is 4.79. The van der Waals surface area contributed by atoms with Gasteiger partial charge < -0.3 is 4.42 Å². The van der Waals surface area contributed by atoms with E-state index in [1.54, 1.807) is 0 Å². The molecule has 3 heteroatoms. The summed E-state index contributed by atoms with van der Waals surface area (Å²) < 4.78 is 5.71. The van der Waals surface area contributed by atoms with Crippen molar-refractivity contribution in [3.63, 3.8) is 0 Å². The van der Waals surface area contributed by atoms with E-state index in [-0.39, 0.29) is 5.41 Å². The van der Waals surface area contributed by atoms with E-state index in [2.05, 4.69) is 41.7 Å². The van der Waals surface area contributed by atoms with Crippen LogP contribution in [0.15, 0.2) is 15.4 Å². The van der Waals surface area contributed by atoms with Crippen LogP contribution in [0.5, 0.6) is 0 Å². The van der Waals surface area contributed by atoms with Crippen molar-refractivity contribution >= 4 is 15.9 Å². The van der Waals surface area contributed by atoms with Gasteiger partial charge in [-0.3, -0.25) is 0 Å². The average molecular weight is 316 g/mol. The van der Waals surface area contributed by atoms with Gasteiger partial charge in [-0.2, -0.15) is 0 Å². The topological polar surface area (TPSA) is 26.0 Å². The molecule has 0 aliphatic rings. The van der Waals surface area contributed by atoms with Crippen LogP contribution in [-0.2, 0) is 5.41 Å². The van der Waals surface area contributed by atoms with E-state index in [9.17, 15) is 0 Å². The van der Waals surface area contributed by atoms with Crippen molar-refractivity contribution in [2.45, 2.75) is 77.6 Å². The molecule has 0 aliphatic carbocycles. The highest BCUT2D eigenvalue weighted by Gasteiger charge is 2.29. The summed E-state index contributed by atoms with van der Waals surface area (Å²) in [5, 5.41) is 0. The standard InChI is InChI=1S/C15H26BrNO/c1-4-6-8-9-11-15(3,10-7-5-2)13-12-17-14(16)18-13/h12H,4-11H2,1-3H3. The maximum Gasteiger partial charge on any atom is 0.264 e. The lowest BCUT2D eigenvalue weighted by Gasteiger charge is -2.27. The molecule has 1 aromatic heterocycles. The Morgan fingerprint density at radius 3 is 2.33 bits per heavy atom. The van der Waals surface area contributed by atoms with Gasteiger partial charge in [-0.15, -0.1) is 0 Å². The second kappa shape index (κ2) is 7.98. The molecule has 104 valence electrons. The van der Waals surface area contributed by atoms with Crippen molar-refractivity contribution in [2.24, 2.45) is 0 Å². The second-order valence-corrected chi connectivity index (χ2v) is 6.13. The molecule has 0 N–H and O–H groups in total. The molecule has 1 heterocycles. The number of nitrogens with zero attached hydrogens (tertiary/aromatic N) is 1. The number of aromatic nitrogens is 1. The highest BCUT2D eigenvalue weighted by molar-refractivity contribution is 9.10. The molecular formula is C15H26BrNO. The van der Waals surface area contributed by atoms with Crippen LogP contribution >= 0.6 is 15.9 Å². The van der Waals surface area contributed by atoms with Gasteiger partial charge in [0.05, 0.1) is 6.20 Å². The molecule has 1 unspecified atom stereocenters. The summed E-state index contributed by atoms with van der Waals surface area (Å²) >= 11 is 3.31. The predicted molar refractivity (Wildman–Crippen MR) is 79.8 cm³/mol. The lowest BCUT2D eigenvalue weighted by Crippen LogP contribution is -2.21. The average Bonchev–Trinajstić information content (AvgIpc) is 2.80. The molecule has 0 saturated heterocycles. The fourth-order valence-electron chi connectivity index (χ4n) is 2.41. The highest BCUT2D eigenvalue weighted by Crippen LogP contribution is 2.36. The van der Waals surface area contributed by atoms with Gasteiger partial charge in [0, 0.05) is 21.3 Å². The van der Waals surface area contributed by atoms with Crippen LogP contribution in [0.4, 0.5) is 0 Å². The molecule has 0 fully saturated rings. The molecule has 0 bridgehead atoms. The Balaban J connectivity index is 2.62. The Hall–Kier alpha value is -0.310. The fourth-order valence-corrected chi connectivity index (χ4v) is 2.69. The summed E-state index contributed by atoms with van der Waals surface area (Å²) in [7, 11) is 0. The zero-order valence-corrected chi connectivity index (χ0v) is 13.6. The Labute approximate surface area is 120 Å². The number of hydrogen-bond acceptors (Lipinski definition) is 2. The SMILES string of the molecule is CCCCCCC(C)(CCCC)c1cnc(Br)o1. The molecule has 0 saturated carbocycles. The van der Waals surface area contributed by atoms with E-state index in [0.29, 0.717) is 4.80 Å². The van der Waals surface area contributed by atoms with E-state index >= 15 is 0 Å². The Kier molecular flexibility index (Phi) is 6.98. The summed E-state index contributed by atoms with van der Waals surface area (Å²) in [5.41, 5.74) is 0.156. The second-order valence-electron chi connectivity index (χ2n) is 5.45. The summed E-state index contributed by atoms with van der Waals surface area (Å²) in [5.74, 6) is 1.04. The molecule has 0 radical (unpaired) electrons. The van der Waals surface area contributed by atoms with Gasteiger partial charge in [-0.1, -0.05) is 59.3 Å². The minimum absolute atomic E-state index is 0.156. The van der Waals surface area contributed by atoms with Crippen LogP contribution in [0.25, 0.3) is 0 Å². The number of hydrogen-bond donors (Lipinski definition) is 0. The molecule has 0 amide bonds. The van der Waals surface area contributed by atoms with E-state index < -0.39 is 0 Å². The first-order chi connectivity index (χ1) is 8.62. The molecule has 18 heavy (non-hydrogen) atoms. The maximum absolute atomic E-state index is 5.71. The third-order valence-electron chi connectivity index (χ3n) is 3.74. The monoisotopic (exact) mass is 315 g/mol. The van der Waals surface area contributed by atoms with Crippen molar-refractivity contribution in [3.05, 3.63) is 16.8 Å². The first kappa shape index (κ1) is 15.7. The molecule has 1 aromatic rings. The highest BCUT2D eigenvalue weighted by atomic mass is 79.9. The van der Waals surface area contributed by atoms with Gasteiger partial charge in [-0.05, 0) is 12.8 Å². The molecule has 2 nitrogen and oxygen atoms in total. The summed E-state index contributed by atoms with van der Waals surface area (Å²) in [6.07, 6.45) is 12.0. The summed E-state index contributed by atoms with van der Waals surface area (Å²) in [6, 6.07) is 0. The molecular weight excluding hydrogens is 290 g/mol. The number of oxazole rings is 1. The van der Waals surface area contributed by atoms with Gasteiger partial charge >= 0.3 is 0 Å². The first-order valence-corrected chi connectivity index (χ1v) is 8.03. The van der Waals surface area contributed by atoms with Gasteiger partial charge in [0.25, 0.3) is 4.80 Å². The van der Waals surface area contributed by atoms with Gasteiger partial charge in [0.2, 0.25) is 0 Å². The third-order valence-corrected chi connectivity index (χ3v) is 4.10. The number of unbranched alkanes of at least 4 members (excludes halogenated alkanes) is 4. The van der Waals surface area contributed by atoms with Gasteiger partial charge in [0.1, 0.15) is 5.76 Å². The van der Waals surface area contributed by atoms with Crippen molar-refractivity contribution in [2.75, 3.05) is 0 Å². The largest absolute Gasteiger partial charge is 0.436 e. The van der Waals surface area contributed by atoms with Crippen molar-refractivity contribution in [1.29, 1.82) is 0 Å². The molecule has 1 rings (SSSR count). The Morgan fingerprint density at radius 2 is 1.78 bits per heavy atom. The smallest absolute Gasteiger partial charge is 0.264 e. The first-order valence-electron chi connectivity index (χ1n) is 7.24. The zero-order chi connectivity index (χ0) is 13.4. The van der Waals surface area contributed by atoms with Gasteiger partial charge in [0.15, 0.2) is 0 Å².